The maximum Gasteiger partial charge on any atom is 0.128 e. The standard InChI is InChI=1S/C25H19NO/c1-16-11-12-22-19(13-16)20-14-21-18-9-5-6-10-24(18)27-25(21)15-23(20)26(22)17-7-3-2-4-8-17/h2-15,18,24H,1H3. The van der Waals surface area contributed by atoms with Gasteiger partial charge < -0.3 is 9.30 Å². The SMILES string of the molecule is Cc1ccc2c(c1)c1cc3c(cc1n2-c1ccccc1)OC1C=CC=CC31. The average molecular weight is 349 g/mol. The van der Waals surface area contributed by atoms with Crippen molar-refractivity contribution < 1.29 is 4.74 Å². The van der Waals surface area contributed by atoms with Crippen LogP contribution in [0.3, 0.4) is 0 Å². The fraction of sp³-hybridized carbons (Fsp3) is 0.120. The minimum atomic E-state index is 0.120. The first-order chi connectivity index (χ1) is 13.3. The molecule has 27 heavy (non-hydrogen) atoms. The molecule has 0 amide bonds. The van der Waals surface area contributed by atoms with E-state index in [-0.39, 0.29) is 6.10 Å². The predicted octanol–water partition coefficient (Wildman–Crippen LogP) is 6.06. The minimum absolute atomic E-state index is 0.120. The lowest BCUT2D eigenvalue weighted by atomic mass is 9.91. The molecule has 0 radical (unpaired) electrons. The summed E-state index contributed by atoms with van der Waals surface area (Å²) in [6, 6.07) is 21.9. The molecule has 2 heterocycles. The molecule has 2 atom stereocenters. The summed E-state index contributed by atoms with van der Waals surface area (Å²) in [7, 11) is 0. The van der Waals surface area contributed by atoms with Crippen LogP contribution in [-0.2, 0) is 0 Å². The van der Waals surface area contributed by atoms with Crippen molar-refractivity contribution in [3.8, 4) is 11.4 Å². The van der Waals surface area contributed by atoms with Crippen molar-refractivity contribution in [1.29, 1.82) is 0 Å². The maximum absolute atomic E-state index is 6.28. The Hall–Kier alpha value is -3.26. The van der Waals surface area contributed by atoms with E-state index in [0.29, 0.717) is 5.92 Å². The van der Waals surface area contributed by atoms with E-state index in [1.807, 2.05) is 0 Å². The van der Waals surface area contributed by atoms with Crippen LogP contribution in [0.4, 0.5) is 0 Å². The van der Waals surface area contributed by atoms with Gasteiger partial charge in [0.25, 0.3) is 0 Å². The highest BCUT2D eigenvalue weighted by atomic mass is 16.5. The van der Waals surface area contributed by atoms with Crippen LogP contribution in [0.2, 0.25) is 0 Å². The molecule has 130 valence electrons. The van der Waals surface area contributed by atoms with Crippen LogP contribution in [0.5, 0.6) is 5.75 Å². The second kappa shape index (κ2) is 5.37. The molecular formula is C25H19NO. The Kier molecular flexibility index (Phi) is 2.96. The molecule has 2 unspecified atom stereocenters. The van der Waals surface area contributed by atoms with E-state index in [1.165, 1.54) is 38.6 Å². The minimum Gasteiger partial charge on any atom is -0.485 e. The molecule has 2 nitrogen and oxygen atoms in total. The first-order valence-electron chi connectivity index (χ1n) is 9.45. The molecule has 1 aromatic heterocycles. The summed E-state index contributed by atoms with van der Waals surface area (Å²) < 4.78 is 8.63. The van der Waals surface area contributed by atoms with E-state index < -0.39 is 0 Å². The van der Waals surface area contributed by atoms with Crippen LogP contribution >= 0.6 is 0 Å². The van der Waals surface area contributed by atoms with Gasteiger partial charge in [-0.2, -0.15) is 0 Å². The molecule has 0 N–H and O–H groups in total. The van der Waals surface area contributed by atoms with Crippen molar-refractivity contribution in [2.75, 3.05) is 0 Å². The third-order valence-electron chi connectivity index (χ3n) is 5.77. The van der Waals surface area contributed by atoms with Crippen LogP contribution < -0.4 is 4.74 Å². The largest absolute Gasteiger partial charge is 0.485 e. The number of fused-ring (bicyclic) bond motifs is 6. The van der Waals surface area contributed by atoms with Crippen LogP contribution in [0, 0.1) is 6.92 Å². The Labute approximate surface area is 158 Å². The van der Waals surface area contributed by atoms with Gasteiger partial charge in [0.05, 0.1) is 11.0 Å². The number of benzene rings is 3. The topological polar surface area (TPSA) is 14.2 Å². The van der Waals surface area contributed by atoms with Crippen molar-refractivity contribution in [3.63, 3.8) is 0 Å². The van der Waals surface area contributed by atoms with E-state index in [9.17, 15) is 0 Å². The van der Waals surface area contributed by atoms with Crippen LogP contribution in [-0.4, -0.2) is 10.7 Å². The van der Waals surface area contributed by atoms with Gasteiger partial charge in [-0.05, 0) is 43.3 Å². The van der Waals surface area contributed by atoms with Crippen LogP contribution in [0.15, 0.2) is 85.0 Å². The lowest BCUT2D eigenvalue weighted by Crippen LogP contribution is -2.15. The number of hydrogen-bond acceptors (Lipinski definition) is 1. The van der Waals surface area contributed by atoms with Crippen molar-refractivity contribution in [2.45, 2.75) is 18.9 Å². The van der Waals surface area contributed by atoms with Gasteiger partial charge in [0.1, 0.15) is 11.9 Å². The monoisotopic (exact) mass is 349 g/mol. The molecule has 2 aliphatic rings. The van der Waals surface area contributed by atoms with Crippen molar-refractivity contribution in [1.82, 2.24) is 4.57 Å². The highest BCUT2D eigenvalue weighted by Crippen LogP contribution is 2.45. The zero-order chi connectivity index (χ0) is 18.0. The Bertz CT molecular complexity index is 1260. The van der Waals surface area contributed by atoms with E-state index in [2.05, 4.69) is 96.5 Å². The number of aromatic nitrogens is 1. The summed E-state index contributed by atoms with van der Waals surface area (Å²) >= 11 is 0. The van der Waals surface area contributed by atoms with Gasteiger partial charge in [0, 0.05) is 34.0 Å². The molecule has 4 aromatic rings. The molecule has 0 bridgehead atoms. The molecule has 0 fully saturated rings. The van der Waals surface area contributed by atoms with Gasteiger partial charge >= 0.3 is 0 Å². The third kappa shape index (κ3) is 2.07. The number of rotatable bonds is 1. The molecule has 1 aliphatic carbocycles. The molecule has 0 spiro atoms. The number of para-hydroxylation sites is 1. The molecular weight excluding hydrogens is 330 g/mol. The van der Waals surface area contributed by atoms with E-state index >= 15 is 0 Å². The summed E-state index contributed by atoms with van der Waals surface area (Å²) in [6.45, 7) is 2.16. The van der Waals surface area contributed by atoms with E-state index in [1.54, 1.807) is 0 Å². The highest BCUT2D eigenvalue weighted by Gasteiger charge is 2.33. The van der Waals surface area contributed by atoms with Crippen molar-refractivity contribution >= 4 is 21.8 Å². The lowest BCUT2D eigenvalue weighted by molar-refractivity contribution is 0.269. The summed E-state index contributed by atoms with van der Waals surface area (Å²) in [5, 5.41) is 2.60. The van der Waals surface area contributed by atoms with Crippen LogP contribution in [0.1, 0.15) is 17.0 Å². The Morgan fingerprint density at radius 2 is 1.63 bits per heavy atom. The normalized spacial score (nSPS) is 20.0. The number of aryl methyl sites for hydroxylation is 1. The van der Waals surface area contributed by atoms with Gasteiger partial charge in [-0.1, -0.05) is 48.1 Å². The highest BCUT2D eigenvalue weighted by molar-refractivity contribution is 6.10. The van der Waals surface area contributed by atoms with Gasteiger partial charge in [0.15, 0.2) is 0 Å². The molecule has 3 aromatic carbocycles. The fourth-order valence-corrected chi connectivity index (χ4v) is 4.52. The maximum atomic E-state index is 6.28. The van der Waals surface area contributed by atoms with Crippen molar-refractivity contribution in [3.05, 3.63) is 96.1 Å². The summed E-state index contributed by atoms with van der Waals surface area (Å²) in [4.78, 5) is 0. The van der Waals surface area contributed by atoms with E-state index in [0.717, 1.165) is 5.75 Å². The predicted molar refractivity (Wildman–Crippen MR) is 111 cm³/mol. The zero-order valence-corrected chi connectivity index (χ0v) is 15.1. The van der Waals surface area contributed by atoms with Gasteiger partial charge in [-0.15, -0.1) is 0 Å². The first-order valence-corrected chi connectivity index (χ1v) is 9.45. The molecule has 0 saturated carbocycles. The zero-order valence-electron chi connectivity index (χ0n) is 15.1. The number of nitrogens with zero attached hydrogens (tertiary/aromatic N) is 1. The molecule has 0 saturated heterocycles. The van der Waals surface area contributed by atoms with E-state index in [4.69, 9.17) is 4.74 Å². The Balaban J connectivity index is 1.72. The third-order valence-corrected chi connectivity index (χ3v) is 5.77. The summed E-state index contributed by atoms with van der Waals surface area (Å²) in [5.74, 6) is 1.32. The molecule has 6 rings (SSSR count). The smallest absolute Gasteiger partial charge is 0.128 e. The Morgan fingerprint density at radius 1 is 0.815 bits per heavy atom. The lowest BCUT2D eigenvalue weighted by Gasteiger charge is -2.13. The second-order valence-electron chi connectivity index (χ2n) is 7.48. The number of allylic oxidation sites excluding steroid dienone is 2. The number of hydrogen-bond donors (Lipinski definition) is 0. The first kappa shape index (κ1) is 14.9. The fourth-order valence-electron chi connectivity index (χ4n) is 4.52. The van der Waals surface area contributed by atoms with Gasteiger partial charge in [-0.25, -0.2) is 0 Å². The summed E-state index contributed by atoms with van der Waals surface area (Å²) in [6.07, 6.45) is 8.73. The van der Waals surface area contributed by atoms with Gasteiger partial charge in [0.2, 0.25) is 0 Å². The Morgan fingerprint density at radius 3 is 2.52 bits per heavy atom. The summed E-state index contributed by atoms with van der Waals surface area (Å²) in [5.41, 5.74) is 6.19. The number of ether oxygens (including phenoxy) is 1. The quantitative estimate of drug-likeness (QED) is 0.407. The van der Waals surface area contributed by atoms with Gasteiger partial charge in [-0.3, -0.25) is 0 Å². The average Bonchev–Trinajstić information content (AvgIpc) is 3.21. The second-order valence-corrected chi connectivity index (χ2v) is 7.48. The molecule has 1 aliphatic heterocycles. The van der Waals surface area contributed by atoms with Crippen LogP contribution in [0.25, 0.3) is 27.5 Å². The van der Waals surface area contributed by atoms with Crippen molar-refractivity contribution in [2.24, 2.45) is 0 Å². The molecule has 2 heteroatoms.